The van der Waals surface area contributed by atoms with Crippen LogP contribution in [-0.2, 0) is 10.0 Å². The molecule has 0 bridgehead atoms. The minimum atomic E-state index is -3.23. The van der Waals surface area contributed by atoms with Crippen LogP contribution in [0.2, 0.25) is 0 Å². The molecule has 2 aromatic rings. The molecule has 73 valence electrons. The molecule has 0 unspecified atom stereocenters. The molecule has 1 radical (unpaired) electrons. The summed E-state index contributed by atoms with van der Waals surface area (Å²) in [6.45, 7) is 0. The van der Waals surface area contributed by atoms with Gasteiger partial charge in [0.1, 0.15) is 0 Å². The first kappa shape index (κ1) is 9.01. The lowest BCUT2D eigenvalue weighted by molar-refractivity contribution is 0.607. The van der Waals surface area contributed by atoms with Crippen LogP contribution in [0.1, 0.15) is 0 Å². The molecule has 14 heavy (non-hydrogen) atoms. The number of rotatable bonds is 2. The molecule has 0 aliphatic carbocycles. The predicted octanol–water partition coefficient (Wildman–Crippen LogP) is 0.735. The van der Waals surface area contributed by atoms with Gasteiger partial charge in [-0.05, 0) is 18.2 Å². The number of imidazole rings is 1. The van der Waals surface area contributed by atoms with Gasteiger partial charge in [0.05, 0.1) is 23.0 Å². The van der Waals surface area contributed by atoms with Crippen LogP contribution in [0.25, 0.3) is 11.0 Å². The number of H-pyrrole nitrogens is 1. The lowest BCUT2D eigenvalue weighted by Crippen LogP contribution is -2.09. The standard InChI is InChI=1S/C8H8N3O2S/c1-14(12,13)11-6-2-3-7-8(4-6)10-5-9-7/h2-4,11H,1H3,(H,9,10). The van der Waals surface area contributed by atoms with Crippen molar-refractivity contribution in [3.05, 3.63) is 24.5 Å². The van der Waals surface area contributed by atoms with Crippen LogP contribution in [0.3, 0.4) is 0 Å². The third-order valence-electron chi connectivity index (χ3n) is 1.67. The Balaban J connectivity index is 2.44. The summed E-state index contributed by atoms with van der Waals surface area (Å²) in [7, 11) is -3.23. The minimum Gasteiger partial charge on any atom is -0.335 e. The highest BCUT2D eigenvalue weighted by molar-refractivity contribution is 7.92. The van der Waals surface area contributed by atoms with Crippen molar-refractivity contribution >= 4 is 26.7 Å². The van der Waals surface area contributed by atoms with E-state index in [4.69, 9.17) is 0 Å². The second kappa shape index (κ2) is 2.98. The molecule has 0 spiro atoms. The SMILES string of the molecule is CS(=O)(=O)Nc1ccc2[nH][c]nc2c1. The first-order chi connectivity index (χ1) is 6.54. The quantitative estimate of drug-likeness (QED) is 0.767. The highest BCUT2D eigenvalue weighted by atomic mass is 32.2. The molecule has 6 heteroatoms. The van der Waals surface area contributed by atoms with Crippen molar-refractivity contribution < 1.29 is 8.42 Å². The van der Waals surface area contributed by atoms with Crippen LogP contribution in [0.15, 0.2) is 18.2 Å². The molecule has 5 nitrogen and oxygen atoms in total. The van der Waals surface area contributed by atoms with Gasteiger partial charge >= 0.3 is 0 Å². The van der Waals surface area contributed by atoms with E-state index in [0.717, 1.165) is 11.8 Å². The van der Waals surface area contributed by atoms with Gasteiger partial charge < -0.3 is 4.98 Å². The number of anilines is 1. The number of sulfonamides is 1. The molecule has 2 N–H and O–H groups in total. The molecule has 0 saturated carbocycles. The first-order valence-electron chi connectivity index (χ1n) is 3.88. The molecule has 1 heterocycles. The van der Waals surface area contributed by atoms with Gasteiger partial charge in [-0.2, -0.15) is 0 Å². The average Bonchev–Trinajstić information content (AvgIpc) is 2.47. The fourth-order valence-electron chi connectivity index (χ4n) is 1.16. The largest absolute Gasteiger partial charge is 0.335 e. The third kappa shape index (κ3) is 1.85. The van der Waals surface area contributed by atoms with E-state index in [1.165, 1.54) is 0 Å². The van der Waals surface area contributed by atoms with Crippen molar-refractivity contribution in [3.8, 4) is 0 Å². The van der Waals surface area contributed by atoms with E-state index in [1.54, 1.807) is 18.2 Å². The van der Waals surface area contributed by atoms with Crippen molar-refractivity contribution in [2.45, 2.75) is 0 Å². The Morgan fingerprint density at radius 3 is 3.00 bits per heavy atom. The summed E-state index contributed by atoms with van der Waals surface area (Å²) in [5.41, 5.74) is 2.00. The molecule has 2 rings (SSSR count). The Hall–Kier alpha value is -1.56. The molecule has 0 aliphatic heterocycles. The Kier molecular flexibility index (Phi) is 1.92. The van der Waals surface area contributed by atoms with Crippen LogP contribution in [0.4, 0.5) is 5.69 Å². The fraction of sp³-hybridized carbons (Fsp3) is 0.125. The Bertz CT molecular complexity index is 559. The van der Waals surface area contributed by atoms with Crippen molar-refractivity contribution in [2.24, 2.45) is 0 Å². The number of hydrogen-bond acceptors (Lipinski definition) is 3. The fourth-order valence-corrected chi connectivity index (χ4v) is 1.71. The number of hydrogen-bond donors (Lipinski definition) is 2. The van der Waals surface area contributed by atoms with E-state index in [0.29, 0.717) is 11.2 Å². The Morgan fingerprint density at radius 1 is 1.50 bits per heavy atom. The summed E-state index contributed by atoms with van der Waals surface area (Å²) < 4.78 is 24.2. The topological polar surface area (TPSA) is 74.8 Å². The third-order valence-corrected chi connectivity index (χ3v) is 2.27. The number of aromatic nitrogens is 2. The summed E-state index contributed by atoms with van der Waals surface area (Å²) in [6, 6.07) is 5.05. The van der Waals surface area contributed by atoms with E-state index in [1.807, 2.05) is 0 Å². The second-order valence-electron chi connectivity index (χ2n) is 2.95. The zero-order valence-electron chi connectivity index (χ0n) is 7.40. The number of nitrogens with one attached hydrogen (secondary N) is 2. The van der Waals surface area contributed by atoms with Crippen LogP contribution >= 0.6 is 0 Å². The van der Waals surface area contributed by atoms with Crippen molar-refractivity contribution in [3.63, 3.8) is 0 Å². The maximum absolute atomic E-state index is 10.9. The maximum atomic E-state index is 10.9. The van der Waals surface area contributed by atoms with E-state index >= 15 is 0 Å². The maximum Gasteiger partial charge on any atom is 0.229 e. The van der Waals surface area contributed by atoms with E-state index in [-0.39, 0.29) is 0 Å². The van der Waals surface area contributed by atoms with Gasteiger partial charge in [-0.15, -0.1) is 0 Å². The molecule has 0 aliphatic rings. The summed E-state index contributed by atoms with van der Waals surface area (Å²) >= 11 is 0. The van der Waals surface area contributed by atoms with Crippen molar-refractivity contribution in [2.75, 3.05) is 11.0 Å². The van der Waals surface area contributed by atoms with E-state index in [9.17, 15) is 8.42 Å². The Morgan fingerprint density at radius 2 is 2.29 bits per heavy atom. The second-order valence-corrected chi connectivity index (χ2v) is 4.70. The van der Waals surface area contributed by atoms with Gasteiger partial charge in [0, 0.05) is 0 Å². The van der Waals surface area contributed by atoms with Crippen LogP contribution in [0.5, 0.6) is 0 Å². The van der Waals surface area contributed by atoms with Crippen LogP contribution < -0.4 is 4.72 Å². The number of fused-ring (bicyclic) bond motifs is 1. The summed E-state index contributed by atoms with van der Waals surface area (Å²) in [6.07, 6.45) is 3.68. The van der Waals surface area contributed by atoms with Gasteiger partial charge in [-0.3, -0.25) is 4.72 Å². The molecule has 0 atom stereocenters. The summed E-state index contributed by atoms with van der Waals surface area (Å²) in [5, 5.41) is 0. The molecule has 0 fully saturated rings. The van der Waals surface area contributed by atoms with Crippen molar-refractivity contribution in [1.29, 1.82) is 0 Å². The van der Waals surface area contributed by atoms with Gasteiger partial charge in [0.2, 0.25) is 10.0 Å². The molecule has 1 aromatic heterocycles. The zero-order valence-corrected chi connectivity index (χ0v) is 8.22. The molecule has 1 aromatic carbocycles. The highest BCUT2D eigenvalue weighted by Crippen LogP contribution is 2.15. The predicted molar refractivity (Wildman–Crippen MR) is 53.4 cm³/mol. The molecular weight excluding hydrogens is 202 g/mol. The molecule has 0 saturated heterocycles. The van der Waals surface area contributed by atoms with Gasteiger partial charge in [0.15, 0.2) is 6.33 Å². The van der Waals surface area contributed by atoms with Gasteiger partial charge in [0.25, 0.3) is 0 Å². The number of aromatic amines is 1. The smallest absolute Gasteiger partial charge is 0.229 e. The monoisotopic (exact) mass is 210 g/mol. The Labute approximate surface area is 81.2 Å². The number of nitrogens with zero attached hydrogens (tertiary/aromatic N) is 1. The van der Waals surface area contributed by atoms with Crippen molar-refractivity contribution in [1.82, 2.24) is 9.97 Å². The van der Waals surface area contributed by atoms with Gasteiger partial charge in [-0.25, -0.2) is 13.4 Å². The summed E-state index contributed by atoms with van der Waals surface area (Å²) in [4.78, 5) is 6.69. The first-order valence-corrected chi connectivity index (χ1v) is 5.77. The van der Waals surface area contributed by atoms with Gasteiger partial charge in [-0.1, -0.05) is 0 Å². The normalized spacial score (nSPS) is 11.8. The highest BCUT2D eigenvalue weighted by Gasteiger charge is 2.03. The molecule has 0 amide bonds. The zero-order chi connectivity index (χ0) is 10.2. The minimum absolute atomic E-state index is 0.500. The average molecular weight is 210 g/mol. The molecular formula is C8H8N3O2S. The lowest BCUT2D eigenvalue weighted by atomic mass is 10.3. The van der Waals surface area contributed by atoms with E-state index in [2.05, 4.69) is 21.0 Å². The van der Waals surface area contributed by atoms with E-state index < -0.39 is 10.0 Å². The number of benzene rings is 1. The van der Waals surface area contributed by atoms with Crippen LogP contribution in [-0.4, -0.2) is 24.6 Å². The van der Waals surface area contributed by atoms with Crippen LogP contribution in [0, 0.1) is 6.33 Å². The summed E-state index contributed by atoms with van der Waals surface area (Å²) in [5.74, 6) is 0. The lowest BCUT2D eigenvalue weighted by Gasteiger charge is -2.02.